The van der Waals surface area contributed by atoms with E-state index < -0.39 is 0 Å². The molecule has 0 N–H and O–H groups in total. The van der Waals surface area contributed by atoms with Gasteiger partial charge in [-0.1, -0.05) is 11.3 Å². The number of rotatable bonds is 8. The number of fused-ring (bicyclic) bond motifs is 1. The Hall–Kier alpha value is -2.65. The fourth-order valence-electron chi connectivity index (χ4n) is 3.01. The van der Waals surface area contributed by atoms with E-state index in [1.165, 1.54) is 11.3 Å². The minimum Gasteiger partial charge on any atom is -0.495 e. The summed E-state index contributed by atoms with van der Waals surface area (Å²) in [6, 6.07) is 5.50. The van der Waals surface area contributed by atoms with E-state index in [1.54, 1.807) is 36.1 Å². The van der Waals surface area contributed by atoms with Gasteiger partial charge in [0.2, 0.25) is 0 Å². The Morgan fingerprint density at radius 2 is 1.83 bits per heavy atom. The zero-order valence-electron chi connectivity index (χ0n) is 17.7. The SMILES string of the molecule is COc1ccc(OC)c2sc(N(CCN(C)C)C(=O)c3ccnn3C(C)C)nc12. The number of ether oxygens (including phenoxy) is 2. The average molecular weight is 418 g/mol. The number of amides is 1. The lowest BCUT2D eigenvalue weighted by molar-refractivity contribution is 0.0973. The number of aromatic nitrogens is 3. The molecule has 1 aromatic carbocycles. The lowest BCUT2D eigenvalue weighted by atomic mass is 10.3. The summed E-state index contributed by atoms with van der Waals surface area (Å²) in [5.74, 6) is 1.22. The highest BCUT2D eigenvalue weighted by molar-refractivity contribution is 7.22. The smallest absolute Gasteiger partial charge is 0.278 e. The lowest BCUT2D eigenvalue weighted by Gasteiger charge is -2.22. The number of methoxy groups -OCH3 is 2. The van der Waals surface area contributed by atoms with Crippen molar-refractivity contribution in [3.05, 3.63) is 30.1 Å². The third kappa shape index (κ3) is 4.20. The van der Waals surface area contributed by atoms with Gasteiger partial charge >= 0.3 is 0 Å². The Kier molecular flexibility index (Phi) is 6.39. The normalized spacial score (nSPS) is 11.4. The highest BCUT2D eigenvalue weighted by Gasteiger charge is 2.26. The van der Waals surface area contributed by atoms with E-state index in [9.17, 15) is 4.79 Å². The van der Waals surface area contributed by atoms with Gasteiger partial charge in [-0.15, -0.1) is 0 Å². The molecule has 29 heavy (non-hydrogen) atoms. The Labute approximate surface area is 174 Å². The van der Waals surface area contributed by atoms with Crippen LogP contribution in [0.1, 0.15) is 30.4 Å². The molecule has 0 aliphatic heterocycles. The van der Waals surface area contributed by atoms with Crippen molar-refractivity contribution in [2.24, 2.45) is 0 Å². The molecule has 0 saturated carbocycles. The molecule has 0 aliphatic carbocycles. The molecular weight excluding hydrogens is 390 g/mol. The number of anilines is 1. The van der Waals surface area contributed by atoms with E-state index in [4.69, 9.17) is 14.5 Å². The highest BCUT2D eigenvalue weighted by Crippen LogP contribution is 2.40. The standard InChI is InChI=1S/C20H27N5O3S/c1-13(2)25-14(9-10-21-25)19(26)24(12-11-23(3)4)20-22-17-15(27-5)7-8-16(28-6)18(17)29-20/h7-10,13H,11-12H2,1-6H3. The van der Waals surface area contributed by atoms with Crippen LogP contribution in [0.15, 0.2) is 24.4 Å². The van der Waals surface area contributed by atoms with Crippen LogP contribution >= 0.6 is 11.3 Å². The first kappa shape index (κ1) is 21.1. The summed E-state index contributed by atoms with van der Waals surface area (Å²) in [5, 5.41) is 4.91. The molecule has 3 rings (SSSR count). The lowest BCUT2D eigenvalue weighted by Crippen LogP contribution is -2.38. The Morgan fingerprint density at radius 1 is 1.14 bits per heavy atom. The molecule has 156 valence electrons. The topological polar surface area (TPSA) is 72.7 Å². The summed E-state index contributed by atoms with van der Waals surface area (Å²) >= 11 is 1.42. The molecule has 1 amide bonds. The first-order valence-electron chi connectivity index (χ1n) is 9.39. The number of carbonyl (C=O) groups excluding carboxylic acids is 1. The summed E-state index contributed by atoms with van der Waals surface area (Å²) in [6.45, 7) is 5.20. The van der Waals surface area contributed by atoms with Crippen molar-refractivity contribution < 1.29 is 14.3 Å². The number of thiazole rings is 1. The zero-order valence-corrected chi connectivity index (χ0v) is 18.5. The van der Waals surface area contributed by atoms with Crippen molar-refractivity contribution in [1.82, 2.24) is 19.7 Å². The maximum Gasteiger partial charge on any atom is 0.278 e. The van der Waals surface area contributed by atoms with Crippen LogP contribution in [0.4, 0.5) is 5.13 Å². The summed E-state index contributed by atoms with van der Waals surface area (Å²) < 4.78 is 13.5. The van der Waals surface area contributed by atoms with Crippen molar-refractivity contribution in [2.75, 3.05) is 46.3 Å². The number of hydrogen-bond donors (Lipinski definition) is 0. The predicted molar refractivity (Wildman–Crippen MR) is 116 cm³/mol. The molecular formula is C20H27N5O3S. The number of carbonyl (C=O) groups is 1. The van der Waals surface area contributed by atoms with Crippen molar-refractivity contribution in [2.45, 2.75) is 19.9 Å². The summed E-state index contributed by atoms with van der Waals surface area (Å²) in [5.41, 5.74) is 1.23. The second kappa shape index (κ2) is 8.79. The molecule has 0 atom stereocenters. The third-order valence-corrected chi connectivity index (χ3v) is 5.62. The quantitative estimate of drug-likeness (QED) is 0.560. The first-order valence-corrected chi connectivity index (χ1v) is 10.2. The molecule has 8 nitrogen and oxygen atoms in total. The van der Waals surface area contributed by atoms with E-state index in [2.05, 4.69) is 5.10 Å². The van der Waals surface area contributed by atoms with E-state index >= 15 is 0 Å². The van der Waals surface area contributed by atoms with Gasteiger partial charge in [-0.05, 0) is 46.1 Å². The van der Waals surface area contributed by atoms with Crippen LogP contribution in [0.3, 0.4) is 0 Å². The molecule has 0 unspecified atom stereocenters. The molecule has 0 saturated heterocycles. The van der Waals surface area contributed by atoms with Crippen molar-refractivity contribution >= 4 is 32.6 Å². The van der Waals surface area contributed by atoms with Gasteiger partial charge in [0.25, 0.3) is 5.91 Å². The van der Waals surface area contributed by atoms with Gasteiger partial charge in [0.15, 0.2) is 5.13 Å². The molecule has 9 heteroatoms. The fourth-order valence-corrected chi connectivity index (χ4v) is 4.11. The minimum absolute atomic E-state index is 0.0789. The Balaban J connectivity index is 2.09. The second-order valence-corrected chi connectivity index (χ2v) is 8.14. The molecule has 0 radical (unpaired) electrons. The molecule has 0 fully saturated rings. The number of likely N-dealkylation sites (N-methyl/N-ethyl adjacent to an activating group) is 1. The van der Waals surface area contributed by atoms with E-state index in [0.717, 1.165) is 4.70 Å². The average Bonchev–Trinajstić information content (AvgIpc) is 3.34. The molecule has 0 aliphatic rings. The van der Waals surface area contributed by atoms with Crippen LogP contribution in [-0.4, -0.2) is 67.0 Å². The van der Waals surface area contributed by atoms with Crippen LogP contribution in [0.5, 0.6) is 11.5 Å². The van der Waals surface area contributed by atoms with Crippen molar-refractivity contribution in [3.8, 4) is 11.5 Å². The monoisotopic (exact) mass is 417 g/mol. The number of nitrogens with zero attached hydrogens (tertiary/aromatic N) is 5. The molecule has 2 aromatic heterocycles. The zero-order chi connectivity index (χ0) is 21.1. The summed E-state index contributed by atoms with van der Waals surface area (Å²) in [4.78, 5) is 22.0. The molecule has 3 aromatic rings. The van der Waals surface area contributed by atoms with E-state index in [0.29, 0.717) is 40.9 Å². The van der Waals surface area contributed by atoms with Crippen molar-refractivity contribution in [3.63, 3.8) is 0 Å². The van der Waals surface area contributed by atoms with Crippen LogP contribution < -0.4 is 14.4 Å². The Morgan fingerprint density at radius 3 is 2.45 bits per heavy atom. The molecule has 2 heterocycles. The van der Waals surface area contributed by atoms with Crippen molar-refractivity contribution in [1.29, 1.82) is 0 Å². The highest BCUT2D eigenvalue weighted by atomic mass is 32.1. The van der Waals surface area contributed by atoms with Gasteiger partial charge in [-0.3, -0.25) is 14.4 Å². The van der Waals surface area contributed by atoms with Gasteiger partial charge in [0.05, 0.1) is 14.2 Å². The second-order valence-electron chi connectivity index (χ2n) is 7.16. The first-order chi connectivity index (χ1) is 13.9. The summed E-state index contributed by atoms with van der Waals surface area (Å²) in [6.07, 6.45) is 1.65. The third-order valence-electron chi connectivity index (χ3n) is 4.52. The van der Waals surface area contributed by atoms with Crippen LogP contribution in [0, 0.1) is 0 Å². The van der Waals surface area contributed by atoms with Gasteiger partial charge in [0.1, 0.15) is 27.4 Å². The van der Waals surface area contributed by atoms with Crippen LogP contribution in [0.25, 0.3) is 10.2 Å². The minimum atomic E-state index is -0.130. The van der Waals surface area contributed by atoms with E-state index in [-0.39, 0.29) is 11.9 Å². The number of benzene rings is 1. The van der Waals surface area contributed by atoms with Gasteiger partial charge in [-0.2, -0.15) is 5.10 Å². The van der Waals surface area contributed by atoms with Crippen LogP contribution in [-0.2, 0) is 0 Å². The predicted octanol–water partition coefficient (Wildman–Crippen LogP) is 3.30. The maximum absolute atomic E-state index is 13.5. The Bertz CT molecular complexity index is 954. The van der Waals surface area contributed by atoms with E-state index in [1.807, 2.05) is 45.0 Å². The van der Waals surface area contributed by atoms with Gasteiger partial charge < -0.3 is 14.4 Å². The molecule has 0 spiro atoms. The fraction of sp³-hybridized carbons (Fsp3) is 0.450. The maximum atomic E-state index is 13.5. The molecule has 0 bridgehead atoms. The van der Waals surface area contributed by atoms with Gasteiger partial charge in [-0.25, -0.2) is 4.98 Å². The largest absolute Gasteiger partial charge is 0.495 e. The van der Waals surface area contributed by atoms with Crippen LogP contribution in [0.2, 0.25) is 0 Å². The summed E-state index contributed by atoms with van der Waals surface area (Å²) in [7, 11) is 7.18. The number of hydrogen-bond acceptors (Lipinski definition) is 7. The van der Waals surface area contributed by atoms with Gasteiger partial charge in [0, 0.05) is 25.3 Å².